The summed E-state index contributed by atoms with van der Waals surface area (Å²) in [6, 6.07) is 0. The lowest BCUT2D eigenvalue weighted by Gasteiger charge is -2.64. The average molecular weight is 500 g/mol. The van der Waals surface area contributed by atoms with Crippen molar-refractivity contribution in [2.75, 3.05) is 12.9 Å². The van der Waals surface area contributed by atoms with Crippen LogP contribution in [0.4, 0.5) is 4.79 Å². The number of hydrogen-bond acceptors (Lipinski definition) is 6. The Bertz CT molecular complexity index is 863. The minimum Gasteiger partial charge on any atom is -0.449 e. The lowest BCUT2D eigenvalue weighted by atomic mass is 9.41. The van der Waals surface area contributed by atoms with E-state index in [2.05, 4.69) is 20.8 Å². The second-order valence-electron chi connectivity index (χ2n) is 12.4. The minimum absolute atomic E-state index is 0.187. The van der Waals surface area contributed by atoms with Crippen LogP contribution in [0.15, 0.2) is 0 Å². The number of nitrogens with one attached hydrogen (secondary N) is 1. The van der Waals surface area contributed by atoms with Gasteiger partial charge in [0.15, 0.2) is 0 Å². The highest BCUT2D eigenvalue weighted by Gasteiger charge is 2.64. The van der Waals surface area contributed by atoms with Gasteiger partial charge in [-0.15, -0.1) is 0 Å². The number of amides is 1. The van der Waals surface area contributed by atoms with Crippen LogP contribution in [0, 0.1) is 46.3 Å². The summed E-state index contributed by atoms with van der Waals surface area (Å²) in [5, 5.41) is 22.2. The maximum Gasteiger partial charge on any atom is 0.420 e. The van der Waals surface area contributed by atoms with E-state index in [1.165, 1.54) is 6.42 Å². The van der Waals surface area contributed by atoms with Gasteiger partial charge in [-0.3, -0.25) is 0 Å². The molecule has 0 aromatic heterocycles. The van der Waals surface area contributed by atoms with Crippen LogP contribution in [0.1, 0.15) is 85.0 Å². The maximum absolute atomic E-state index is 11.7. The van der Waals surface area contributed by atoms with Crippen LogP contribution < -0.4 is 4.72 Å². The molecule has 4 aliphatic carbocycles. The SMILES string of the molecule is CC[C@H]1[C@@H](O)[C@@H]2[C@H](CC[C@]3(C)[C@@H](CCCOC(=O)NS(C)(=O)=O)CC[C@@H]23)[C@@]2(C)CC[C@@H](O)C[C@@H]12. The first-order valence-corrected chi connectivity index (χ1v) is 15.3. The lowest BCUT2D eigenvalue weighted by molar-refractivity contribution is -0.202. The summed E-state index contributed by atoms with van der Waals surface area (Å²) in [6.45, 7) is 7.31. The molecule has 34 heavy (non-hydrogen) atoms. The van der Waals surface area contributed by atoms with Gasteiger partial charge in [0.05, 0.1) is 25.1 Å². The monoisotopic (exact) mass is 499 g/mol. The summed E-state index contributed by atoms with van der Waals surface area (Å²) in [4.78, 5) is 11.6. The van der Waals surface area contributed by atoms with Gasteiger partial charge in [0.25, 0.3) is 0 Å². The molecule has 0 aromatic rings. The van der Waals surface area contributed by atoms with E-state index in [0.29, 0.717) is 29.6 Å². The van der Waals surface area contributed by atoms with Crippen molar-refractivity contribution in [3.8, 4) is 0 Å². The molecule has 196 valence electrons. The third-order valence-electron chi connectivity index (χ3n) is 10.8. The second-order valence-corrected chi connectivity index (χ2v) is 14.1. The summed E-state index contributed by atoms with van der Waals surface area (Å²) in [5.41, 5.74) is 0.400. The van der Waals surface area contributed by atoms with Crippen molar-refractivity contribution in [1.29, 1.82) is 0 Å². The Labute approximate surface area is 205 Å². The summed E-state index contributed by atoms with van der Waals surface area (Å²) in [5.74, 6) is 2.59. The van der Waals surface area contributed by atoms with E-state index < -0.39 is 16.1 Å². The molecule has 0 saturated heterocycles. The Kier molecular flexibility index (Phi) is 7.36. The highest BCUT2D eigenvalue weighted by molar-refractivity contribution is 7.89. The number of aliphatic hydroxyl groups excluding tert-OH is 2. The fraction of sp³-hybridized carbons (Fsp3) is 0.962. The maximum atomic E-state index is 11.7. The van der Waals surface area contributed by atoms with Gasteiger partial charge in [0.2, 0.25) is 10.0 Å². The molecule has 0 heterocycles. The molecule has 4 fully saturated rings. The van der Waals surface area contributed by atoms with Crippen molar-refractivity contribution in [1.82, 2.24) is 4.72 Å². The van der Waals surface area contributed by atoms with Crippen LogP contribution in [-0.4, -0.2) is 49.8 Å². The van der Waals surface area contributed by atoms with Gasteiger partial charge in [-0.1, -0.05) is 27.2 Å². The number of carbonyl (C=O) groups is 1. The summed E-state index contributed by atoms with van der Waals surface area (Å²) in [7, 11) is -3.60. The lowest BCUT2D eigenvalue weighted by Crippen LogP contribution is -2.62. The second kappa shape index (κ2) is 9.55. The van der Waals surface area contributed by atoms with Gasteiger partial charge >= 0.3 is 6.09 Å². The van der Waals surface area contributed by atoms with Gasteiger partial charge < -0.3 is 14.9 Å². The Morgan fingerprint density at radius 3 is 2.38 bits per heavy atom. The number of rotatable bonds is 6. The molecule has 8 heteroatoms. The molecule has 0 radical (unpaired) electrons. The molecule has 7 nitrogen and oxygen atoms in total. The fourth-order valence-corrected chi connectivity index (χ4v) is 9.58. The predicted molar refractivity (Wildman–Crippen MR) is 130 cm³/mol. The Morgan fingerprint density at radius 1 is 1.03 bits per heavy atom. The zero-order valence-corrected chi connectivity index (χ0v) is 22.1. The summed E-state index contributed by atoms with van der Waals surface area (Å²) in [6.07, 6.45) is 9.58. The highest BCUT2D eigenvalue weighted by atomic mass is 32.2. The van der Waals surface area contributed by atoms with Crippen LogP contribution in [0.2, 0.25) is 0 Å². The standard InChI is InChI=1S/C26H45NO6S/c1-5-18-21-15-17(28)10-12-26(21,3)20-11-13-25(2)16(8-9-19(25)22(20)23(18)29)7-6-14-33-24(30)27-34(4,31)32/h16-23,28-29H,5-15H2,1-4H3,(H,27,30)/t16-,17+,18+,19-,20-,21-,22-,23+,25+,26+/m0/s1. The Balaban J connectivity index is 1.43. The average Bonchev–Trinajstić information content (AvgIpc) is 3.08. The predicted octanol–water partition coefficient (Wildman–Crippen LogP) is 4.08. The number of aliphatic hydroxyl groups is 2. The van der Waals surface area contributed by atoms with E-state index in [-0.39, 0.29) is 35.6 Å². The van der Waals surface area contributed by atoms with Gasteiger partial charge in [0, 0.05) is 0 Å². The summed E-state index contributed by atoms with van der Waals surface area (Å²) >= 11 is 0. The molecule has 0 bridgehead atoms. The Morgan fingerprint density at radius 2 is 1.71 bits per heavy atom. The Hall–Kier alpha value is -0.860. The summed E-state index contributed by atoms with van der Waals surface area (Å²) < 4.78 is 29.2. The minimum atomic E-state index is -3.60. The first-order valence-electron chi connectivity index (χ1n) is 13.4. The molecule has 0 spiro atoms. The molecular weight excluding hydrogens is 454 g/mol. The molecule has 4 saturated carbocycles. The molecule has 0 aliphatic heterocycles. The first kappa shape index (κ1) is 26.2. The normalized spacial score (nSPS) is 46.2. The van der Waals surface area contributed by atoms with Crippen molar-refractivity contribution >= 4 is 16.1 Å². The van der Waals surface area contributed by atoms with Crippen molar-refractivity contribution in [2.45, 2.75) is 97.2 Å². The molecule has 4 rings (SSSR count). The number of carbonyl (C=O) groups excluding carboxylic acids is 1. The van der Waals surface area contributed by atoms with E-state index in [0.717, 1.165) is 64.0 Å². The molecule has 0 unspecified atom stereocenters. The quantitative estimate of drug-likeness (QED) is 0.475. The molecule has 0 aromatic carbocycles. The topological polar surface area (TPSA) is 113 Å². The van der Waals surface area contributed by atoms with Crippen LogP contribution in [0.25, 0.3) is 0 Å². The first-order chi connectivity index (χ1) is 15.9. The third-order valence-corrected chi connectivity index (χ3v) is 11.3. The van der Waals surface area contributed by atoms with Crippen LogP contribution >= 0.6 is 0 Å². The number of ether oxygens (including phenoxy) is 1. The van der Waals surface area contributed by atoms with E-state index in [4.69, 9.17) is 4.74 Å². The molecule has 10 atom stereocenters. The molecule has 3 N–H and O–H groups in total. The number of hydrogen-bond donors (Lipinski definition) is 3. The van der Waals surface area contributed by atoms with Gasteiger partial charge in [-0.2, -0.15) is 0 Å². The van der Waals surface area contributed by atoms with Gasteiger partial charge in [-0.05, 0) is 104 Å². The van der Waals surface area contributed by atoms with Crippen LogP contribution in [0.3, 0.4) is 0 Å². The fourth-order valence-electron chi connectivity index (χ4n) is 9.22. The van der Waals surface area contributed by atoms with Crippen LogP contribution in [-0.2, 0) is 14.8 Å². The van der Waals surface area contributed by atoms with Crippen molar-refractivity contribution in [3.63, 3.8) is 0 Å². The largest absolute Gasteiger partial charge is 0.449 e. The van der Waals surface area contributed by atoms with E-state index in [1.54, 1.807) is 0 Å². The molecule has 4 aliphatic rings. The van der Waals surface area contributed by atoms with E-state index in [9.17, 15) is 23.4 Å². The van der Waals surface area contributed by atoms with Crippen molar-refractivity contribution < 1.29 is 28.2 Å². The van der Waals surface area contributed by atoms with Crippen molar-refractivity contribution in [2.24, 2.45) is 46.3 Å². The zero-order chi connectivity index (χ0) is 24.9. The molecule has 1 amide bonds. The van der Waals surface area contributed by atoms with Crippen LogP contribution in [0.5, 0.6) is 0 Å². The number of sulfonamides is 1. The highest BCUT2D eigenvalue weighted by Crippen LogP contribution is 2.69. The van der Waals surface area contributed by atoms with E-state index in [1.807, 2.05) is 4.72 Å². The van der Waals surface area contributed by atoms with Gasteiger partial charge in [0.1, 0.15) is 0 Å². The van der Waals surface area contributed by atoms with Gasteiger partial charge in [-0.25, -0.2) is 17.9 Å². The van der Waals surface area contributed by atoms with E-state index >= 15 is 0 Å². The third kappa shape index (κ3) is 4.63. The smallest absolute Gasteiger partial charge is 0.420 e. The molecular formula is C26H45NO6S. The van der Waals surface area contributed by atoms with Crippen molar-refractivity contribution in [3.05, 3.63) is 0 Å². The zero-order valence-electron chi connectivity index (χ0n) is 21.3. The number of fused-ring (bicyclic) bond motifs is 5.